The van der Waals surface area contributed by atoms with Gasteiger partial charge in [-0.05, 0) is 25.2 Å². The Labute approximate surface area is 342 Å². The molecule has 0 aromatic rings. The van der Waals surface area contributed by atoms with E-state index in [0.29, 0.717) is 19.3 Å². The summed E-state index contributed by atoms with van der Waals surface area (Å²) in [6.45, 7) is 8.98. The topological polar surface area (TPSA) is 78.9 Å². The van der Waals surface area contributed by atoms with E-state index in [9.17, 15) is 14.4 Å². The van der Waals surface area contributed by atoms with Crippen LogP contribution in [0.25, 0.3) is 0 Å². The molecule has 2 atom stereocenters. The van der Waals surface area contributed by atoms with Crippen LogP contribution in [0.3, 0.4) is 0 Å². The van der Waals surface area contributed by atoms with Crippen molar-refractivity contribution in [1.82, 2.24) is 0 Å². The van der Waals surface area contributed by atoms with E-state index >= 15 is 0 Å². The van der Waals surface area contributed by atoms with Gasteiger partial charge in [0.05, 0.1) is 0 Å². The number of carbonyl (C=O) groups excluding carboxylic acids is 3. The zero-order valence-corrected chi connectivity index (χ0v) is 37.4. The lowest BCUT2D eigenvalue weighted by molar-refractivity contribution is -0.167. The summed E-state index contributed by atoms with van der Waals surface area (Å²) in [4.78, 5) is 37.6. The van der Waals surface area contributed by atoms with Crippen molar-refractivity contribution in [1.29, 1.82) is 0 Å². The zero-order chi connectivity index (χ0) is 40.3. The summed E-state index contributed by atoms with van der Waals surface area (Å²) in [5.41, 5.74) is 0. The number of hydrogen-bond acceptors (Lipinski definition) is 6. The van der Waals surface area contributed by atoms with E-state index in [1.54, 1.807) is 0 Å². The minimum Gasteiger partial charge on any atom is -0.462 e. The van der Waals surface area contributed by atoms with Crippen LogP contribution in [0.15, 0.2) is 0 Å². The highest BCUT2D eigenvalue weighted by Crippen LogP contribution is 2.17. The molecule has 0 aliphatic carbocycles. The van der Waals surface area contributed by atoms with Crippen LogP contribution in [-0.4, -0.2) is 37.2 Å². The van der Waals surface area contributed by atoms with Crippen molar-refractivity contribution in [3.8, 4) is 0 Å². The van der Waals surface area contributed by atoms with Gasteiger partial charge in [0.25, 0.3) is 0 Å². The average molecular weight is 779 g/mol. The second-order valence-electron chi connectivity index (χ2n) is 17.0. The molecule has 1 unspecified atom stereocenters. The molecule has 0 aromatic heterocycles. The van der Waals surface area contributed by atoms with Crippen molar-refractivity contribution in [3.63, 3.8) is 0 Å². The molecule has 6 nitrogen and oxygen atoms in total. The number of ether oxygens (including phenoxy) is 3. The van der Waals surface area contributed by atoms with Crippen molar-refractivity contribution in [2.75, 3.05) is 13.2 Å². The molecule has 55 heavy (non-hydrogen) atoms. The number of rotatable bonds is 44. The van der Waals surface area contributed by atoms with Gasteiger partial charge in [0, 0.05) is 19.3 Å². The van der Waals surface area contributed by atoms with Gasteiger partial charge in [-0.2, -0.15) is 0 Å². The first kappa shape index (κ1) is 53.4. The Balaban J connectivity index is 4.13. The molecule has 6 heteroatoms. The van der Waals surface area contributed by atoms with E-state index in [-0.39, 0.29) is 31.1 Å². The van der Waals surface area contributed by atoms with Crippen molar-refractivity contribution >= 4 is 17.9 Å². The third-order valence-corrected chi connectivity index (χ3v) is 11.4. The van der Waals surface area contributed by atoms with E-state index in [1.807, 2.05) is 0 Å². The van der Waals surface area contributed by atoms with E-state index in [4.69, 9.17) is 14.2 Å². The first-order chi connectivity index (χ1) is 26.9. The maximum atomic E-state index is 12.7. The molecule has 0 bridgehead atoms. The Kier molecular flexibility index (Phi) is 42.3. The Morgan fingerprint density at radius 1 is 0.364 bits per heavy atom. The predicted molar refractivity (Wildman–Crippen MR) is 233 cm³/mol. The Bertz CT molecular complexity index is 828. The van der Waals surface area contributed by atoms with Gasteiger partial charge in [-0.3, -0.25) is 14.4 Å². The van der Waals surface area contributed by atoms with Crippen molar-refractivity contribution in [3.05, 3.63) is 0 Å². The Hall–Kier alpha value is -1.59. The second-order valence-corrected chi connectivity index (χ2v) is 17.0. The van der Waals surface area contributed by atoms with Crippen LogP contribution in [0, 0.1) is 5.92 Å². The SMILES string of the molecule is CCCCCCCCCCCCCCCCC(=O)O[C@H](COC(=O)CCCCCCC)COC(=O)CCCCCCCCCCCCCCCCC(C)CC. The fourth-order valence-electron chi connectivity index (χ4n) is 7.30. The molecule has 0 saturated carbocycles. The van der Waals surface area contributed by atoms with Crippen LogP contribution in [0.5, 0.6) is 0 Å². The predicted octanol–water partition coefficient (Wildman–Crippen LogP) is 15.5. The van der Waals surface area contributed by atoms with Gasteiger partial charge in [-0.15, -0.1) is 0 Å². The molecule has 0 amide bonds. The molecule has 326 valence electrons. The van der Waals surface area contributed by atoms with Crippen LogP contribution in [0.1, 0.15) is 272 Å². The van der Waals surface area contributed by atoms with Crippen LogP contribution in [0.2, 0.25) is 0 Å². The summed E-state index contributed by atoms with van der Waals surface area (Å²) < 4.78 is 16.6. The van der Waals surface area contributed by atoms with Gasteiger partial charge in [0.2, 0.25) is 0 Å². The maximum Gasteiger partial charge on any atom is 0.306 e. The lowest BCUT2D eigenvalue weighted by Crippen LogP contribution is -2.30. The van der Waals surface area contributed by atoms with Crippen molar-refractivity contribution < 1.29 is 28.6 Å². The summed E-state index contributed by atoms with van der Waals surface area (Å²) in [6, 6.07) is 0. The summed E-state index contributed by atoms with van der Waals surface area (Å²) in [5.74, 6) is 0.0329. The first-order valence-corrected chi connectivity index (χ1v) is 24.4. The normalized spacial score (nSPS) is 12.4. The minimum atomic E-state index is -0.758. The summed E-state index contributed by atoms with van der Waals surface area (Å²) in [7, 11) is 0. The quantitative estimate of drug-likeness (QED) is 0.0348. The van der Waals surface area contributed by atoms with Gasteiger partial charge in [-0.1, -0.05) is 233 Å². The fourth-order valence-corrected chi connectivity index (χ4v) is 7.30. The molecule has 0 rings (SSSR count). The molecule has 0 saturated heterocycles. The lowest BCUT2D eigenvalue weighted by atomic mass is 9.99. The molecule has 0 aliphatic heterocycles. The molecule has 0 fully saturated rings. The molecular weight excluding hydrogens is 685 g/mol. The minimum absolute atomic E-state index is 0.0642. The highest BCUT2D eigenvalue weighted by molar-refractivity contribution is 5.71. The smallest absolute Gasteiger partial charge is 0.306 e. The van der Waals surface area contributed by atoms with E-state index in [0.717, 1.165) is 70.1 Å². The highest BCUT2D eigenvalue weighted by atomic mass is 16.6. The zero-order valence-electron chi connectivity index (χ0n) is 37.4. The van der Waals surface area contributed by atoms with Gasteiger partial charge < -0.3 is 14.2 Å². The van der Waals surface area contributed by atoms with Crippen LogP contribution in [0.4, 0.5) is 0 Å². The molecule has 0 aromatic carbocycles. The summed E-state index contributed by atoms with van der Waals surface area (Å²) in [5, 5.41) is 0. The molecule has 0 radical (unpaired) electrons. The van der Waals surface area contributed by atoms with E-state index in [1.165, 1.54) is 161 Å². The lowest BCUT2D eigenvalue weighted by Gasteiger charge is -2.18. The van der Waals surface area contributed by atoms with Crippen LogP contribution >= 0.6 is 0 Å². The van der Waals surface area contributed by atoms with Crippen LogP contribution in [-0.2, 0) is 28.6 Å². The standard InChI is InChI=1S/C49H94O6/c1-5-8-10-12-13-14-15-16-20-24-27-30-34-38-42-49(52)55-46(43-53-47(50)40-36-31-11-9-6-2)44-54-48(51)41-37-33-29-26-23-21-18-17-19-22-25-28-32-35-39-45(4)7-3/h45-46H,5-44H2,1-4H3/t45?,46-/m1/s1. The highest BCUT2D eigenvalue weighted by Gasteiger charge is 2.19. The van der Waals surface area contributed by atoms with Gasteiger partial charge in [0.1, 0.15) is 13.2 Å². The third-order valence-electron chi connectivity index (χ3n) is 11.4. The van der Waals surface area contributed by atoms with Gasteiger partial charge in [-0.25, -0.2) is 0 Å². The second kappa shape index (κ2) is 43.5. The number of hydrogen-bond donors (Lipinski definition) is 0. The number of unbranched alkanes of at least 4 members (excludes halogenated alkanes) is 30. The van der Waals surface area contributed by atoms with Crippen LogP contribution < -0.4 is 0 Å². The Morgan fingerprint density at radius 3 is 0.945 bits per heavy atom. The monoisotopic (exact) mass is 779 g/mol. The maximum absolute atomic E-state index is 12.7. The van der Waals surface area contributed by atoms with Gasteiger partial charge in [0.15, 0.2) is 6.10 Å². The fraction of sp³-hybridized carbons (Fsp3) is 0.939. The number of carbonyl (C=O) groups is 3. The summed E-state index contributed by atoms with van der Waals surface area (Å²) >= 11 is 0. The Morgan fingerprint density at radius 2 is 0.636 bits per heavy atom. The molecule has 0 N–H and O–H groups in total. The van der Waals surface area contributed by atoms with E-state index in [2.05, 4.69) is 27.7 Å². The van der Waals surface area contributed by atoms with Gasteiger partial charge >= 0.3 is 17.9 Å². The molecule has 0 spiro atoms. The summed E-state index contributed by atoms with van der Waals surface area (Å²) in [6.07, 6.45) is 44.0. The van der Waals surface area contributed by atoms with Crippen molar-refractivity contribution in [2.45, 2.75) is 278 Å². The molecule has 0 heterocycles. The molecular formula is C49H94O6. The number of esters is 3. The third kappa shape index (κ3) is 41.9. The first-order valence-electron chi connectivity index (χ1n) is 24.4. The molecule has 0 aliphatic rings. The largest absolute Gasteiger partial charge is 0.462 e. The van der Waals surface area contributed by atoms with Crippen molar-refractivity contribution in [2.24, 2.45) is 5.92 Å². The van der Waals surface area contributed by atoms with E-state index < -0.39 is 6.10 Å². The average Bonchev–Trinajstić information content (AvgIpc) is 3.18.